The second kappa shape index (κ2) is 5.87. The number of hydrogen-bond donors (Lipinski definition) is 1. The van der Waals surface area contributed by atoms with Gasteiger partial charge >= 0.3 is 5.69 Å². The molecule has 0 saturated carbocycles. The summed E-state index contributed by atoms with van der Waals surface area (Å²) < 4.78 is 5.21. The normalized spacial score (nSPS) is 18.1. The molecule has 1 N–H and O–H groups in total. The fourth-order valence-electron chi connectivity index (χ4n) is 2.39. The Balaban J connectivity index is 2.33. The van der Waals surface area contributed by atoms with Gasteiger partial charge in [-0.1, -0.05) is 6.07 Å². The molecule has 1 aromatic rings. The maximum absolute atomic E-state index is 12.4. The molecule has 1 aromatic carbocycles. The van der Waals surface area contributed by atoms with E-state index < -0.39 is 4.92 Å². The van der Waals surface area contributed by atoms with E-state index in [2.05, 4.69) is 5.32 Å². The summed E-state index contributed by atoms with van der Waals surface area (Å²) in [6, 6.07) is 4.70. The van der Waals surface area contributed by atoms with Gasteiger partial charge in [-0.3, -0.25) is 14.9 Å². The molecule has 0 aliphatic carbocycles. The average molecular weight is 279 g/mol. The van der Waals surface area contributed by atoms with E-state index in [1.165, 1.54) is 6.07 Å². The lowest BCUT2D eigenvalue weighted by Crippen LogP contribution is -2.30. The van der Waals surface area contributed by atoms with Gasteiger partial charge in [0.15, 0.2) is 0 Å². The molecule has 20 heavy (non-hydrogen) atoms. The van der Waals surface area contributed by atoms with Crippen LogP contribution in [0.25, 0.3) is 0 Å². The molecular weight excluding hydrogens is 262 g/mol. The Morgan fingerprint density at radius 1 is 1.55 bits per heavy atom. The largest absolute Gasteiger partial charge is 0.383 e. The van der Waals surface area contributed by atoms with Crippen molar-refractivity contribution in [2.75, 3.05) is 32.6 Å². The van der Waals surface area contributed by atoms with Crippen LogP contribution in [0.1, 0.15) is 16.8 Å². The SMILES string of the molecule is CNc1cccc(C(=O)N2CCC(OC)C2)c1[N+](=O)[O-]. The second-order valence-corrected chi connectivity index (χ2v) is 4.61. The highest BCUT2D eigenvalue weighted by atomic mass is 16.6. The zero-order valence-electron chi connectivity index (χ0n) is 11.5. The number of nitrogens with zero attached hydrogens (tertiary/aromatic N) is 2. The molecule has 1 saturated heterocycles. The van der Waals surface area contributed by atoms with Crippen LogP contribution < -0.4 is 5.32 Å². The van der Waals surface area contributed by atoms with Crippen LogP contribution >= 0.6 is 0 Å². The highest BCUT2D eigenvalue weighted by Crippen LogP contribution is 2.30. The topological polar surface area (TPSA) is 84.7 Å². The van der Waals surface area contributed by atoms with Crippen LogP contribution in [0.15, 0.2) is 18.2 Å². The molecule has 0 aromatic heterocycles. The second-order valence-electron chi connectivity index (χ2n) is 4.61. The first kappa shape index (κ1) is 14.3. The van der Waals surface area contributed by atoms with Crippen molar-refractivity contribution in [3.05, 3.63) is 33.9 Å². The third-order valence-corrected chi connectivity index (χ3v) is 3.48. The molecule has 1 heterocycles. The van der Waals surface area contributed by atoms with Crippen LogP contribution in [0.2, 0.25) is 0 Å². The highest BCUT2D eigenvalue weighted by molar-refractivity contribution is 6.00. The number of nitro benzene ring substituents is 1. The van der Waals surface area contributed by atoms with Crippen molar-refractivity contribution in [2.45, 2.75) is 12.5 Å². The number of ether oxygens (including phenoxy) is 1. The lowest BCUT2D eigenvalue weighted by Gasteiger charge is -2.16. The Labute approximate surface area is 116 Å². The fourth-order valence-corrected chi connectivity index (χ4v) is 2.39. The Hall–Kier alpha value is -2.15. The van der Waals surface area contributed by atoms with Crippen molar-refractivity contribution in [2.24, 2.45) is 0 Å². The molecule has 1 fully saturated rings. The van der Waals surface area contributed by atoms with E-state index in [0.29, 0.717) is 18.8 Å². The van der Waals surface area contributed by atoms with Gasteiger partial charge in [-0.15, -0.1) is 0 Å². The monoisotopic (exact) mass is 279 g/mol. The molecule has 0 spiro atoms. The number of rotatable bonds is 4. The van der Waals surface area contributed by atoms with Gasteiger partial charge in [0.1, 0.15) is 11.3 Å². The molecule has 2 rings (SSSR count). The molecule has 1 amide bonds. The van der Waals surface area contributed by atoms with E-state index in [0.717, 1.165) is 6.42 Å². The number of likely N-dealkylation sites (tertiary alicyclic amines) is 1. The third-order valence-electron chi connectivity index (χ3n) is 3.48. The number of nitrogens with one attached hydrogen (secondary N) is 1. The predicted molar refractivity (Wildman–Crippen MR) is 74.0 cm³/mol. The maximum Gasteiger partial charge on any atom is 0.305 e. The minimum absolute atomic E-state index is 0.00508. The molecular formula is C13H17N3O4. The van der Waals surface area contributed by atoms with Crippen LogP contribution in [0.3, 0.4) is 0 Å². The van der Waals surface area contributed by atoms with Crippen molar-refractivity contribution in [3.8, 4) is 0 Å². The molecule has 7 nitrogen and oxygen atoms in total. The Morgan fingerprint density at radius 3 is 2.85 bits per heavy atom. The summed E-state index contributed by atoms with van der Waals surface area (Å²) in [6.45, 7) is 1.02. The van der Waals surface area contributed by atoms with E-state index in [9.17, 15) is 14.9 Å². The summed E-state index contributed by atoms with van der Waals surface area (Å²) in [5, 5.41) is 14.0. The maximum atomic E-state index is 12.4. The number of hydrogen-bond acceptors (Lipinski definition) is 5. The summed E-state index contributed by atoms with van der Waals surface area (Å²) >= 11 is 0. The van der Waals surface area contributed by atoms with Gasteiger partial charge in [-0.05, 0) is 18.6 Å². The lowest BCUT2D eigenvalue weighted by molar-refractivity contribution is -0.384. The Morgan fingerprint density at radius 2 is 2.30 bits per heavy atom. The van der Waals surface area contributed by atoms with Crippen LogP contribution in [0.4, 0.5) is 11.4 Å². The third kappa shape index (κ3) is 2.57. The van der Waals surface area contributed by atoms with Crippen LogP contribution in [0, 0.1) is 10.1 Å². The van der Waals surface area contributed by atoms with Gasteiger partial charge in [0.05, 0.1) is 11.0 Å². The van der Waals surface area contributed by atoms with E-state index in [1.807, 2.05) is 0 Å². The van der Waals surface area contributed by atoms with Crippen molar-refractivity contribution >= 4 is 17.3 Å². The first-order chi connectivity index (χ1) is 9.58. The minimum atomic E-state index is -0.525. The molecule has 108 valence electrons. The number of carbonyl (C=O) groups is 1. The van der Waals surface area contributed by atoms with Gasteiger partial charge in [0.2, 0.25) is 0 Å². The van der Waals surface area contributed by atoms with Gasteiger partial charge in [-0.2, -0.15) is 0 Å². The molecule has 0 radical (unpaired) electrons. The molecule has 1 unspecified atom stereocenters. The molecule has 1 atom stereocenters. The van der Waals surface area contributed by atoms with Crippen molar-refractivity contribution in [3.63, 3.8) is 0 Å². The van der Waals surface area contributed by atoms with Gasteiger partial charge in [-0.25, -0.2) is 0 Å². The quantitative estimate of drug-likeness (QED) is 0.667. The van der Waals surface area contributed by atoms with Gasteiger partial charge in [0.25, 0.3) is 5.91 Å². The first-order valence-corrected chi connectivity index (χ1v) is 6.35. The highest BCUT2D eigenvalue weighted by Gasteiger charge is 2.31. The zero-order valence-corrected chi connectivity index (χ0v) is 11.5. The molecule has 1 aliphatic rings. The minimum Gasteiger partial charge on any atom is -0.383 e. The summed E-state index contributed by atoms with van der Waals surface area (Å²) in [4.78, 5) is 24.7. The Kier molecular flexibility index (Phi) is 4.19. The molecule has 0 bridgehead atoms. The number of methoxy groups -OCH3 is 1. The smallest absolute Gasteiger partial charge is 0.305 e. The number of anilines is 1. The Bertz CT molecular complexity index is 532. The summed E-state index contributed by atoms with van der Waals surface area (Å²) in [5.41, 5.74) is 0.266. The van der Waals surface area contributed by atoms with Gasteiger partial charge < -0.3 is 15.0 Å². The average Bonchev–Trinajstić information content (AvgIpc) is 2.94. The van der Waals surface area contributed by atoms with Gasteiger partial charge in [0, 0.05) is 27.2 Å². The molecule has 1 aliphatic heterocycles. The summed E-state index contributed by atoms with van der Waals surface area (Å²) in [6.07, 6.45) is 0.757. The molecule has 7 heteroatoms. The summed E-state index contributed by atoms with van der Waals surface area (Å²) in [7, 11) is 3.19. The predicted octanol–water partition coefficient (Wildman–Crippen LogP) is 1.50. The number of amides is 1. The first-order valence-electron chi connectivity index (χ1n) is 6.35. The fraction of sp³-hybridized carbons (Fsp3) is 0.462. The lowest BCUT2D eigenvalue weighted by atomic mass is 10.1. The zero-order chi connectivity index (χ0) is 14.7. The van der Waals surface area contributed by atoms with E-state index >= 15 is 0 Å². The number of carbonyl (C=O) groups excluding carboxylic acids is 1. The number of nitro groups is 1. The van der Waals surface area contributed by atoms with Crippen molar-refractivity contribution < 1.29 is 14.5 Å². The van der Waals surface area contributed by atoms with E-state index in [1.54, 1.807) is 31.2 Å². The summed E-state index contributed by atoms with van der Waals surface area (Å²) in [5.74, 6) is -0.326. The number of para-hydroxylation sites is 1. The standard InChI is InChI=1S/C13H17N3O4/c1-14-11-5-3-4-10(12(11)16(18)19)13(17)15-7-6-9(8-15)20-2/h3-5,9,14H,6-8H2,1-2H3. The van der Waals surface area contributed by atoms with Crippen molar-refractivity contribution in [1.29, 1.82) is 0 Å². The van der Waals surface area contributed by atoms with Crippen molar-refractivity contribution in [1.82, 2.24) is 4.90 Å². The van der Waals surface area contributed by atoms with Crippen LogP contribution in [0.5, 0.6) is 0 Å². The van der Waals surface area contributed by atoms with Crippen LogP contribution in [-0.2, 0) is 4.74 Å². The van der Waals surface area contributed by atoms with E-state index in [4.69, 9.17) is 4.74 Å². The van der Waals surface area contributed by atoms with Crippen LogP contribution in [-0.4, -0.2) is 49.1 Å². The number of benzene rings is 1. The van der Waals surface area contributed by atoms with E-state index in [-0.39, 0.29) is 23.3 Å².